The summed E-state index contributed by atoms with van der Waals surface area (Å²) in [6, 6.07) is 2.00. The zero-order valence-corrected chi connectivity index (χ0v) is 48.9. The highest BCUT2D eigenvalue weighted by atomic mass is 79.9. The molecule has 24 heteroatoms. The summed E-state index contributed by atoms with van der Waals surface area (Å²) >= 11 is 3.46. The smallest absolute Gasteiger partial charge is 0.408 e. The van der Waals surface area contributed by atoms with E-state index in [1.54, 1.807) is 80.5 Å². The van der Waals surface area contributed by atoms with Gasteiger partial charge in [-0.05, 0) is 128 Å². The van der Waals surface area contributed by atoms with Gasteiger partial charge in [-0.25, -0.2) is 14.4 Å². The maximum atomic E-state index is 14.6. The molecule has 0 saturated carbocycles. The third kappa shape index (κ3) is 26.2. The molecule has 0 aromatic heterocycles. The van der Waals surface area contributed by atoms with Crippen LogP contribution in [0.15, 0.2) is 22.7 Å². The van der Waals surface area contributed by atoms with E-state index >= 15 is 0 Å². The lowest BCUT2D eigenvalue weighted by Gasteiger charge is -2.31. The van der Waals surface area contributed by atoms with Gasteiger partial charge in [-0.2, -0.15) is 0 Å². The minimum absolute atomic E-state index is 0.0396. The molecule has 0 aliphatic heterocycles. The molecule has 0 fully saturated rings. The summed E-state index contributed by atoms with van der Waals surface area (Å²) in [7, 11) is -0.717. The number of benzene rings is 1. The van der Waals surface area contributed by atoms with E-state index in [2.05, 4.69) is 90.7 Å². The van der Waals surface area contributed by atoms with Crippen LogP contribution < -0.4 is 42.5 Å². The number of carbonyl (C=O) groups excluding carboxylic acids is 10. The molecule has 75 heavy (non-hydrogen) atoms. The van der Waals surface area contributed by atoms with Crippen molar-refractivity contribution in [3.63, 3.8) is 0 Å². The maximum Gasteiger partial charge on any atom is 0.408 e. The molecule has 1 aromatic rings. The number of carbonyl (C=O) groups is 10. The van der Waals surface area contributed by atoms with E-state index in [4.69, 9.17) is 18.9 Å². The summed E-state index contributed by atoms with van der Waals surface area (Å²) < 4.78 is 21.4. The lowest BCUT2D eigenvalue weighted by atomic mass is 9.85. The van der Waals surface area contributed by atoms with Crippen LogP contribution in [0.25, 0.3) is 0 Å². The van der Waals surface area contributed by atoms with Gasteiger partial charge in [0.15, 0.2) is 0 Å². The summed E-state index contributed by atoms with van der Waals surface area (Å²) in [4.78, 5) is 133. The van der Waals surface area contributed by atoms with Gasteiger partial charge in [-0.1, -0.05) is 32.9 Å². The molecule has 22 nitrogen and oxygen atoms in total. The fourth-order valence-corrected chi connectivity index (χ4v) is 10.2. The van der Waals surface area contributed by atoms with Crippen LogP contribution in [0, 0.1) is 11.5 Å². The number of hydrogen-bond acceptors (Lipinski definition) is 14. The highest BCUT2D eigenvalue weighted by Crippen LogP contribution is 2.36. The quantitative estimate of drug-likeness (QED) is 0.0216. The number of methoxy groups -OCH3 is 1. The Morgan fingerprint density at radius 1 is 0.680 bits per heavy atom. The molecular weight excluding hydrogens is 1060 g/mol. The van der Waals surface area contributed by atoms with Crippen molar-refractivity contribution in [1.82, 2.24) is 37.2 Å². The van der Waals surface area contributed by atoms with Crippen LogP contribution in [0.2, 0.25) is 18.1 Å². The summed E-state index contributed by atoms with van der Waals surface area (Å²) in [5.41, 5.74) is 1.25. The van der Waals surface area contributed by atoms with Gasteiger partial charge in [-0.3, -0.25) is 33.6 Å². The second kappa shape index (κ2) is 31.0. The Morgan fingerprint density at radius 3 is 1.73 bits per heavy atom. The van der Waals surface area contributed by atoms with Crippen LogP contribution in [0.1, 0.15) is 134 Å². The number of amides is 8. The monoisotopic (exact) mass is 1140 g/mol. The van der Waals surface area contributed by atoms with Crippen molar-refractivity contribution in [1.29, 1.82) is 0 Å². The van der Waals surface area contributed by atoms with Crippen LogP contribution in [0.3, 0.4) is 0 Å². The van der Waals surface area contributed by atoms with Crippen molar-refractivity contribution in [2.75, 3.05) is 32.1 Å². The number of halogens is 1. The van der Waals surface area contributed by atoms with E-state index in [1.807, 2.05) is 0 Å². The van der Waals surface area contributed by atoms with E-state index in [-0.39, 0.29) is 31.5 Å². The molecule has 8 amide bonds. The molecule has 0 aliphatic rings. The summed E-state index contributed by atoms with van der Waals surface area (Å²) in [5, 5.41) is 20.3. The Kier molecular flexibility index (Phi) is 27.6. The van der Waals surface area contributed by atoms with Crippen molar-refractivity contribution in [2.24, 2.45) is 0 Å². The molecule has 0 aliphatic carbocycles. The molecule has 8 N–H and O–H groups in total. The Morgan fingerprint density at radius 2 is 1.21 bits per heavy atom. The van der Waals surface area contributed by atoms with E-state index in [9.17, 15) is 47.9 Å². The molecule has 1 rings (SSSR count). The molecule has 0 saturated heterocycles. The summed E-state index contributed by atoms with van der Waals surface area (Å²) in [5.74, 6) is -4.66. The first kappa shape index (κ1) is 66.8. The van der Waals surface area contributed by atoms with E-state index in [0.717, 1.165) is 25.2 Å². The number of alkyl carbamates (subject to hydrolysis) is 2. The number of ether oxygens (including phenoxy) is 4. The van der Waals surface area contributed by atoms with E-state index in [1.165, 1.54) is 13.8 Å². The number of para-hydroxylation sites is 1. The topological polar surface area (TPSA) is 304 Å². The molecule has 0 heterocycles. The first-order valence-electron chi connectivity index (χ1n) is 25.0. The SMILES string of the molecule is CC[Si](C#CC[C@H](NC(=O)CNC(=O)[C@H](CC(=O)OC(C)(C)C)NC(=O)CNC(=O)[C@@H](NC(=O)[C@H](C)NC(=O)OC(C)(C)C)[C@H](CCCNC(=O)OC(C)(C)C)c1cccc(Br)c1NC(C)=O)C(=O)OC)(CC)CC. The minimum atomic E-state index is -1.88. The van der Waals surface area contributed by atoms with Gasteiger partial charge in [0.2, 0.25) is 35.4 Å². The lowest BCUT2D eigenvalue weighted by molar-refractivity contribution is -0.156. The van der Waals surface area contributed by atoms with Crippen molar-refractivity contribution in [3.8, 4) is 11.5 Å². The van der Waals surface area contributed by atoms with Gasteiger partial charge >= 0.3 is 24.1 Å². The number of rotatable bonds is 25. The summed E-state index contributed by atoms with van der Waals surface area (Å²) in [6.45, 7) is 22.1. The van der Waals surface area contributed by atoms with Gasteiger partial charge in [0.05, 0.1) is 32.3 Å². The molecule has 1 aromatic carbocycles. The molecule has 5 atom stereocenters. The predicted molar refractivity (Wildman–Crippen MR) is 287 cm³/mol. The van der Waals surface area contributed by atoms with Crippen molar-refractivity contribution >= 4 is 89.3 Å². The average Bonchev–Trinajstić information content (AvgIpc) is 3.28. The number of nitrogens with one attached hydrogen (secondary N) is 8. The Balaban J connectivity index is 3.64. The Labute approximate surface area is 451 Å². The van der Waals surface area contributed by atoms with Gasteiger partial charge in [0.1, 0.15) is 49.0 Å². The van der Waals surface area contributed by atoms with Crippen molar-refractivity contribution in [2.45, 2.75) is 188 Å². The van der Waals surface area contributed by atoms with Gasteiger partial charge in [0, 0.05) is 30.3 Å². The second-order valence-corrected chi connectivity index (χ2v) is 26.5. The second-order valence-electron chi connectivity index (χ2n) is 20.8. The zero-order valence-electron chi connectivity index (χ0n) is 46.3. The standard InChI is InChI=1S/C51H81BrN8O14Si/c1-16-75(17-2,18-3)27-21-25-36(46(68)71-15)58-38(62)29-54-44(66)37(28-40(64)72-49(6,7)8)59-39(63)30-55-45(67)42(60-43(65)31(4)56-48(70)74-51(12,13)14)34(23-20-26-53-47(69)73-50(9,10)11)33-22-19-24-35(52)41(33)57-32(5)61/h19,22,24,31,34,36-37,42H,16-18,20,23,25-26,28-30H2,1-15H3,(H,53,69)(H,54,66)(H,55,67)(H,56,70)(H,57,61)(H,58,62)(H,59,63)(H,60,65)/t31-,34+,36-,37-,42-/m0/s1. The fourth-order valence-electron chi connectivity index (χ4n) is 7.17. The molecule has 0 spiro atoms. The summed E-state index contributed by atoms with van der Waals surface area (Å²) in [6.07, 6.45) is -2.15. The number of anilines is 1. The molecule has 0 radical (unpaired) electrons. The Bertz CT molecular complexity index is 2240. The van der Waals surface area contributed by atoms with E-state index in [0.29, 0.717) is 10.0 Å². The minimum Gasteiger partial charge on any atom is -0.467 e. The van der Waals surface area contributed by atoms with Crippen LogP contribution in [-0.4, -0.2) is 135 Å². The molecule has 0 bridgehead atoms. The molecule has 420 valence electrons. The average molecular weight is 1140 g/mol. The van der Waals surface area contributed by atoms with Crippen LogP contribution in [0.4, 0.5) is 15.3 Å². The maximum absolute atomic E-state index is 14.6. The van der Waals surface area contributed by atoms with E-state index < -0.39 is 134 Å². The molecule has 0 unspecified atom stereocenters. The largest absolute Gasteiger partial charge is 0.467 e. The highest BCUT2D eigenvalue weighted by molar-refractivity contribution is 9.10. The van der Waals surface area contributed by atoms with Gasteiger partial charge in [-0.15, -0.1) is 11.5 Å². The predicted octanol–water partition coefficient (Wildman–Crippen LogP) is 4.74. The van der Waals surface area contributed by atoms with Gasteiger partial charge < -0.3 is 61.5 Å². The lowest BCUT2D eigenvalue weighted by Crippen LogP contribution is -2.57. The number of esters is 2. The van der Waals surface area contributed by atoms with Crippen LogP contribution >= 0.6 is 15.9 Å². The van der Waals surface area contributed by atoms with Gasteiger partial charge in [0.25, 0.3) is 0 Å². The molecular formula is C51H81BrN8O14Si. The van der Waals surface area contributed by atoms with Crippen molar-refractivity contribution in [3.05, 3.63) is 28.2 Å². The first-order valence-corrected chi connectivity index (χ1v) is 28.4. The highest BCUT2D eigenvalue weighted by Gasteiger charge is 2.36. The van der Waals surface area contributed by atoms with Crippen LogP contribution in [0.5, 0.6) is 0 Å². The normalized spacial score (nSPS) is 13.5. The van der Waals surface area contributed by atoms with Crippen LogP contribution in [-0.2, 0) is 57.3 Å². The Hall–Kier alpha value is -6.22. The third-order valence-electron chi connectivity index (χ3n) is 11.0. The zero-order chi connectivity index (χ0) is 57.5. The number of hydrogen-bond donors (Lipinski definition) is 8. The fraction of sp³-hybridized carbons (Fsp3) is 0.647. The third-order valence-corrected chi connectivity index (χ3v) is 16.4. The first-order chi connectivity index (χ1) is 34.7. The van der Waals surface area contributed by atoms with Crippen molar-refractivity contribution < 1.29 is 66.9 Å².